The second kappa shape index (κ2) is 6.28. The zero-order valence-electron chi connectivity index (χ0n) is 14.1. The Balaban J connectivity index is 1.60. The molecule has 0 N–H and O–H groups in total. The Labute approximate surface area is 146 Å². The van der Waals surface area contributed by atoms with E-state index in [0.29, 0.717) is 25.7 Å². The van der Waals surface area contributed by atoms with Crippen molar-refractivity contribution < 1.29 is 23.9 Å². The summed E-state index contributed by atoms with van der Waals surface area (Å²) in [6.45, 7) is 0.286. The van der Waals surface area contributed by atoms with E-state index in [1.54, 1.807) is 0 Å². The summed E-state index contributed by atoms with van der Waals surface area (Å²) < 4.78 is 11.0. The molecule has 1 saturated heterocycles. The van der Waals surface area contributed by atoms with E-state index >= 15 is 0 Å². The highest BCUT2D eigenvalue weighted by Crippen LogP contribution is 2.60. The lowest BCUT2D eigenvalue weighted by molar-refractivity contribution is -0.192. The highest BCUT2D eigenvalue weighted by atomic mass is 16.6. The SMILES string of the molecule is O=C1OCC[C@@H]2C[C@H]3C(=O)CCC[C@@]23C(=O)O[C@H]1Cc1ccccc1. The van der Waals surface area contributed by atoms with Crippen LogP contribution in [0.2, 0.25) is 0 Å². The number of benzene rings is 1. The molecule has 5 heteroatoms. The van der Waals surface area contributed by atoms with Crippen LogP contribution in [0.4, 0.5) is 0 Å². The van der Waals surface area contributed by atoms with Gasteiger partial charge in [-0.1, -0.05) is 30.3 Å². The van der Waals surface area contributed by atoms with Gasteiger partial charge in [-0.15, -0.1) is 0 Å². The van der Waals surface area contributed by atoms with Crippen molar-refractivity contribution >= 4 is 17.7 Å². The molecule has 0 unspecified atom stereocenters. The van der Waals surface area contributed by atoms with Crippen LogP contribution in [0, 0.1) is 17.3 Å². The van der Waals surface area contributed by atoms with Crippen LogP contribution >= 0.6 is 0 Å². The average Bonchev–Trinajstić information content (AvgIpc) is 2.62. The Hall–Kier alpha value is -2.17. The minimum atomic E-state index is -0.943. The van der Waals surface area contributed by atoms with Crippen molar-refractivity contribution in [2.75, 3.05) is 6.61 Å². The molecule has 1 aliphatic heterocycles. The van der Waals surface area contributed by atoms with E-state index in [2.05, 4.69) is 0 Å². The van der Waals surface area contributed by atoms with Crippen LogP contribution < -0.4 is 0 Å². The maximum absolute atomic E-state index is 13.0. The van der Waals surface area contributed by atoms with Crippen LogP contribution in [-0.4, -0.2) is 30.4 Å². The van der Waals surface area contributed by atoms with Crippen LogP contribution in [0.5, 0.6) is 0 Å². The Bertz CT molecular complexity index is 697. The first-order valence-electron chi connectivity index (χ1n) is 9.05. The van der Waals surface area contributed by atoms with Gasteiger partial charge in [-0.2, -0.15) is 0 Å². The van der Waals surface area contributed by atoms with Crippen molar-refractivity contribution in [3.05, 3.63) is 35.9 Å². The molecule has 0 bridgehead atoms. The molecule has 1 spiro atoms. The second-order valence-electron chi connectivity index (χ2n) is 7.39. The lowest BCUT2D eigenvalue weighted by Crippen LogP contribution is -2.60. The van der Waals surface area contributed by atoms with Gasteiger partial charge in [0, 0.05) is 18.8 Å². The third-order valence-corrected chi connectivity index (χ3v) is 6.14. The largest absolute Gasteiger partial charge is 0.463 e. The Morgan fingerprint density at radius 2 is 1.92 bits per heavy atom. The molecule has 1 aromatic carbocycles. The molecular weight excluding hydrogens is 320 g/mol. The maximum Gasteiger partial charge on any atom is 0.347 e. The molecule has 132 valence electrons. The number of rotatable bonds is 2. The topological polar surface area (TPSA) is 69.7 Å². The minimum absolute atomic E-state index is 0.0810. The number of carbonyl (C=O) groups excluding carboxylic acids is 3. The number of esters is 2. The van der Waals surface area contributed by atoms with E-state index in [1.165, 1.54) is 0 Å². The van der Waals surface area contributed by atoms with Crippen molar-refractivity contribution in [3.8, 4) is 0 Å². The third kappa shape index (κ3) is 2.66. The molecule has 1 aromatic rings. The van der Waals surface area contributed by atoms with E-state index in [1.807, 2.05) is 30.3 Å². The van der Waals surface area contributed by atoms with Gasteiger partial charge in [0.2, 0.25) is 6.10 Å². The first kappa shape index (κ1) is 16.3. The molecule has 0 radical (unpaired) electrons. The fourth-order valence-electron chi connectivity index (χ4n) is 4.78. The van der Waals surface area contributed by atoms with Gasteiger partial charge < -0.3 is 9.47 Å². The van der Waals surface area contributed by atoms with Crippen LogP contribution in [0.25, 0.3) is 0 Å². The molecule has 1 heterocycles. The summed E-state index contributed by atoms with van der Waals surface area (Å²) in [5, 5.41) is 0. The Morgan fingerprint density at radius 3 is 2.72 bits per heavy atom. The van der Waals surface area contributed by atoms with Gasteiger partial charge in [0.05, 0.1) is 12.0 Å². The fourth-order valence-corrected chi connectivity index (χ4v) is 4.78. The minimum Gasteiger partial charge on any atom is -0.463 e. The quantitative estimate of drug-likeness (QED) is 0.772. The predicted molar refractivity (Wildman–Crippen MR) is 88.5 cm³/mol. The summed E-state index contributed by atoms with van der Waals surface area (Å²) in [6.07, 6.45) is 2.65. The Kier molecular flexibility index (Phi) is 4.10. The summed E-state index contributed by atoms with van der Waals surface area (Å²) in [4.78, 5) is 37.7. The van der Waals surface area contributed by atoms with Gasteiger partial charge in [0.1, 0.15) is 5.78 Å². The molecule has 5 nitrogen and oxygen atoms in total. The number of hydrogen-bond acceptors (Lipinski definition) is 5. The van der Waals surface area contributed by atoms with Crippen molar-refractivity contribution in [2.24, 2.45) is 17.3 Å². The zero-order chi connectivity index (χ0) is 17.4. The van der Waals surface area contributed by atoms with Gasteiger partial charge in [-0.3, -0.25) is 9.59 Å². The van der Waals surface area contributed by atoms with Gasteiger partial charge in [0.15, 0.2) is 0 Å². The molecule has 25 heavy (non-hydrogen) atoms. The van der Waals surface area contributed by atoms with Crippen LogP contribution in [-0.2, 0) is 30.3 Å². The summed E-state index contributed by atoms with van der Waals surface area (Å²) in [6, 6.07) is 9.45. The average molecular weight is 342 g/mol. The van der Waals surface area contributed by atoms with Crippen molar-refractivity contribution in [1.82, 2.24) is 0 Å². The standard InChI is InChI=1S/C20H22O5/c21-16-7-4-9-20-14(12-15(16)20)8-10-24-18(22)17(25-19(20)23)11-13-5-2-1-3-6-13/h1-3,5-6,14-15,17H,4,7-12H2/t14-,15+,17+,20-/m1/s1. The molecule has 0 amide bonds. The summed E-state index contributed by atoms with van der Waals surface area (Å²) in [5.41, 5.74) is 0.188. The molecule has 3 fully saturated rings. The highest BCUT2D eigenvalue weighted by Gasteiger charge is 2.64. The van der Waals surface area contributed by atoms with Crippen molar-refractivity contribution in [3.63, 3.8) is 0 Å². The number of hydrogen-bond donors (Lipinski definition) is 0. The van der Waals surface area contributed by atoms with Gasteiger partial charge >= 0.3 is 11.9 Å². The van der Waals surface area contributed by atoms with E-state index in [4.69, 9.17) is 9.47 Å². The normalized spacial score (nSPS) is 35.0. The van der Waals surface area contributed by atoms with Gasteiger partial charge in [0.25, 0.3) is 0 Å². The number of Topliss-reactive ketones (excluding diaryl/α,β-unsaturated/α-hetero) is 1. The molecule has 2 saturated carbocycles. The molecule has 3 aliphatic rings. The van der Waals surface area contributed by atoms with E-state index in [0.717, 1.165) is 18.4 Å². The molecule has 4 rings (SSSR count). The van der Waals surface area contributed by atoms with E-state index in [9.17, 15) is 14.4 Å². The van der Waals surface area contributed by atoms with Crippen LogP contribution in [0.1, 0.15) is 37.7 Å². The third-order valence-electron chi connectivity index (χ3n) is 6.14. The van der Waals surface area contributed by atoms with Crippen LogP contribution in [0.15, 0.2) is 30.3 Å². The summed E-state index contributed by atoms with van der Waals surface area (Å²) in [7, 11) is 0. The van der Waals surface area contributed by atoms with E-state index in [-0.39, 0.29) is 30.2 Å². The van der Waals surface area contributed by atoms with E-state index < -0.39 is 17.5 Å². The molecule has 4 atom stereocenters. The number of ketones is 1. The maximum atomic E-state index is 13.0. The first-order valence-corrected chi connectivity index (χ1v) is 9.05. The lowest BCUT2D eigenvalue weighted by Gasteiger charge is -2.55. The smallest absolute Gasteiger partial charge is 0.347 e. The summed E-state index contributed by atoms with van der Waals surface area (Å²) in [5.74, 6) is -0.845. The predicted octanol–water partition coefficient (Wildman–Crippen LogP) is 2.46. The Morgan fingerprint density at radius 1 is 1.12 bits per heavy atom. The number of ether oxygens (including phenoxy) is 2. The zero-order valence-corrected chi connectivity index (χ0v) is 14.1. The fraction of sp³-hybridized carbons (Fsp3) is 0.550. The number of cyclic esters (lactones) is 2. The molecular formula is C20H22O5. The molecule has 0 aromatic heterocycles. The van der Waals surface area contributed by atoms with Gasteiger partial charge in [-0.25, -0.2) is 4.79 Å². The molecule has 2 aliphatic carbocycles. The second-order valence-corrected chi connectivity index (χ2v) is 7.39. The number of carbonyl (C=O) groups is 3. The monoisotopic (exact) mass is 342 g/mol. The van der Waals surface area contributed by atoms with Crippen molar-refractivity contribution in [1.29, 1.82) is 0 Å². The van der Waals surface area contributed by atoms with Gasteiger partial charge in [-0.05, 0) is 37.2 Å². The summed E-state index contributed by atoms with van der Waals surface area (Å²) >= 11 is 0. The van der Waals surface area contributed by atoms with Crippen molar-refractivity contribution in [2.45, 2.75) is 44.6 Å². The first-order chi connectivity index (χ1) is 12.1. The van der Waals surface area contributed by atoms with Crippen LogP contribution in [0.3, 0.4) is 0 Å². The lowest BCUT2D eigenvalue weighted by atomic mass is 9.46. The highest BCUT2D eigenvalue weighted by molar-refractivity contribution is 5.93.